The van der Waals surface area contributed by atoms with Gasteiger partial charge in [-0.15, -0.1) is 0 Å². The average Bonchev–Trinajstić information content (AvgIpc) is 2.88. The number of amides is 1. The van der Waals surface area contributed by atoms with Crippen molar-refractivity contribution in [3.05, 3.63) is 66.0 Å². The van der Waals surface area contributed by atoms with E-state index < -0.39 is 42.7 Å². The predicted molar refractivity (Wildman–Crippen MR) is 156 cm³/mol. The first-order chi connectivity index (χ1) is 19.5. The Morgan fingerprint density at radius 2 is 1.71 bits per heavy atom. The minimum Gasteiger partial charge on any atom is -0.496 e. The van der Waals surface area contributed by atoms with Crippen molar-refractivity contribution in [2.45, 2.75) is 50.8 Å². The van der Waals surface area contributed by atoms with Crippen molar-refractivity contribution in [2.24, 2.45) is 4.36 Å². The smallest absolute Gasteiger partial charge is 0.474 e. The number of methoxy groups -OCH3 is 1. The van der Waals surface area contributed by atoms with Gasteiger partial charge in [0.05, 0.1) is 13.3 Å². The molecule has 1 N–H and O–H groups in total. The third kappa shape index (κ3) is 8.88. The second-order valence-corrected chi connectivity index (χ2v) is 17.5. The van der Waals surface area contributed by atoms with Crippen LogP contribution in [0.25, 0.3) is 11.1 Å². The minimum absolute atomic E-state index is 0.0504. The zero-order chi connectivity index (χ0) is 31.3. The molecule has 14 heteroatoms. The van der Waals surface area contributed by atoms with E-state index in [0.717, 1.165) is 12.3 Å². The lowest BCUT2D eigenvalue weighted by atomic mass is 10.0. The summed E-state index contributed by atoms with van der Waals surface area (Å²) in [5.41, 5.74) is 0.987. The summed E-state index contributed by atoms with van der Waals surface area (Å²) < 4.78 is 82.2. The molecule has 0 spiro atoms. The van der Waals surface area contributed by atoms with E-state index in [9.17, 15) is 26.7 Å². The van der Waals surface area contributed by atoms with Crippen molar-refractivity contribution < 1.29 is 35.9 Å². The number of anilines is 2. The maximum Gasteiger partial charge on any atom is 0.474 e. The lowest BCUT2D eigenvalue weighted by Crippen LogP contribution is -2.41. The van der Waals surface area contributed by atoms with Gasteiger partial charge < -0.3 is 14.5 Å². The summed E-state index contributed by atoms with van der Waals surface area (Å²) in [6.45, 7) is 10.4. The number of hydrogen-bond acceptors (Lipinski definition) is 6. The van der Waals surface area contributed by atoms with Crippen molar-refractivity contribution in [3.63, 3.8) is 0 Å². The molecule has 1 aromatic carbocycles. The zero-order valence-electron chi connectivity index (χ0n) is 24.1. The molecule has 2 aromatic heterocycles. The van der Waals surface area contributed by atoms with E-state index in [1.807, 2.05) is 13.1 Å². The molecule has 3 aromatic rings. The van der Waals surface area contributed by atoms with Crippen LogP contribution >= 0.6 is 0 Å². The molecule has 0 saturated carbocycles. The first-order valence-electron chi connectivity index (χ1n) is 12.9. The second kappa shape index (κ2) is 13.4. The summed E-state index contributed by atoms with van der Waals surface area (Å²) in [5, 5.41) is 2.86. The number of halogens is 5. The van der Waals surface area contributed by atoms with Crippen LogP contribution in [-0.2, 0) is 25.7 Å². The summed E-state index contributed by atoms with van der Waals surface area (Å²) in [4.78, 5) is 20.0. The Hall–Kier alpha value is -3.23. The number of rotatable bonds is 10. The van der Waals surface area contributed by atoms with Gasteiger partial charge in [0.25, 0.3) is 0 Å². The van der Waals surface area contributed by atoms with Gasteiger partial charge in [-0.25, -0.2) is 18.7 Å². The number of ether oxygens (including phenoxy) is 1. The zero-order valence-corrected chi connectivity index (χ0v) is 25.9. The Kier molecular flexibility index (Phi) is 10.6. The Morgan fingerprint density at radius 1 is 1.02 bits per heavy atom. The molecule has 3 rings (SSSR count). The molecule has 0 radical (unpaired) electrons. The predicted octanol–water partition coefficient (Wildman–Crippen LogP) is 7.59. The highest BCUT2D eigenvalue weighted by Gasteiger charge is 2.39. The molecule has 7 nitrogen and oxygen atoms in total. The number of benzene rings is 1. The Balaban J connectivity index is 1.83. The van der Waals surface area contributed by atoms with Crippen molar-refractivity contribution in [2.75, 3.05) is 24.8 Å². The van der Waals surface area contributed by atoms with Gasteiger partial charge in [0.1, 0.15) is 29.0 Å². The molecule has 228 valence electrons. The van der Waals surface area contributed by atoms with E-state index in [1.165, 1.54) is 31.5 Å². The topological polar surface area (TPSA) is 85.7 Å². The largest absolute Gasteiger partial charge is 0.496 e. The van der Waals surface area contributed by atoms with Crippen molar-refractivity contribution in [1.82, 2.24) is 9.97 Å². The monoisotopic (exact) mass is 628 g/mol. The Bertz CT molecular complexity index is 1460. The fraction of sp³-hybridized carbons (Fsp3) is 0.393. The van der Waals surface area contributed by atoms with E-state index in [0.29, 0.717) is 11.1 Å². The van der Waals surface area contributed by atoms with Crippen molar-refractivity contribution >= 4 is 36.6 Å². The quantitative estimate of drug-likeness (QED) is 0.184. The third-order valence-electron chi connectivity index (χ3n) is 6.77. The molecule has 1 unspecified atom stereocenters. The number of carbonyl (C=O) groups is 1. The highest BCUT2D eigenvalue weighted by Crippen LogP contribution is 2.37. The molecule has 1 amide bonds. The summed E-state index contributed by atoms with van der Waals surface area (Å²) in [6.07, 6.45) is -2.63. The second-order valence-electron chi connectivity index (χ2n) is 10.9. The van der Waals surface area contributed by atoms with Gasteiger partial charge in [-0.2, -0.15) is 17.5 Å². The first-order valence-corrected chi connectivity index (χ1v) is 17.3. The summed E-state index contributed by atoms with van der Waals surface area (Å²) in [6, 6.07) is 8.30. The number of nitrogens with one attached hydrogen (secondary N) is 1. The summed E-state index contributed by atoms with van der Waals surface area (Å²) in [7, 11) is -2.14. The van der Waals surface area contributed by atoms with Crippen LogP contribution in [-0.4, -0.2) is 49.8 Å². The van der Waals surface area contributed by atoms with E-state index in [1.54, 1.807) is 12.1 Å². The molecule has 0 aliphatic rings. The van der Waals surface area contributed by atoms with Crippen LogP contribution in [0.1, 0.15) is 26.3 Å². The van der Waals surface area contributed by atoms with Crippen LogP contribution in [0.3, 0.4) is 0 Å². The Labute approximate surface area is 245 Å². The van der Waals surface area contributed by atoms with Crippen LogP contribution in [0.4, 0.5) is 33.6 Å². The van der Waals surface area contributed by atoms with E-state index in [4.69, 9.17) is 9.16 Å². The van der Waals surface area contributed by atoms with Crippen molar-refractivity contribution in [1.29, 1.82) is 0 Å². The molecular formula is C28H33F5N4O3SSi. The van der Waals surface area contributed by atoms with Gasteiger partial charge in [-0.1, -0.05) is 31.5 Å². The van der Waals surface area contributed by atoms with Gasteiger partial charge >= 0.3 is 12.1 Å². The number of alkyl halides is 3. The van der Waals surface area contributed by atoms with Crippen LogP contribution in [0.15, 0.2) is 53.2 Å². The lowest BCUT2D eigenvalue weighted by Gasteiger charge is -2.36. The van der Waals surface area contributed by atoms with E-state index in [2.05, 4.69) is 40.4 Å². The van der Waals surface area contributed by atoms with E-state index >= 15 is 0 Å². The van der Waals surface area contributed by atoms with Gasteiger partial charge in [0.15, 0.2) is 8.32 Å². The fourth-order valence-corrected chi connectivity index (χ4v) is 6.16. The first kappa shape index (κ1) is 33.3. The molecule has 1 atom stereocenters. The van der Waals surface area contributed by atoms with Gasteiger partial charge in [-0.3, -0.25) is 4.79 Å². The highest BCUT2D eigenvalue weighted by molar-refractivity contribution is 7.86. The SMILES string of the molecule is COc1cc(F)ccc1-c1cc(Nc2cc(CS(CCO[Si](C)(C)C(C)(C)C)=NC(=O)C(F)(F)F)ccn2)ncc1F. The molecule has 42 heavy (non-hydrogen) atoms. The normalized spacial score (nSPS) is 13.2. The Morgan fingerprint density at radius 3 is 2.36 bits per heavy atom. The summed E-state index contributed by atoms with van der Waals surface area (Å²) in [5.74, 6) is -2.52. The number of pyridine rings is 2. The third-order valence-corrected chi connectivity index (χ3v) is 13.0. The lowest BCUT2D eigenvalue weighted by molar-refractivity contribution is -0.169. The van der Waals surface area contributed by atoms with E-state index in [-0.39, 0.29) is 46.1 Å². The average molecular weight is 629 g/mol. The van der Waals surface area contributed by atoms with Gasteiger partial charge in [-0.05, 0) is 54.0 Å². The molecule has 0 saturated heterocycles. The highest BCUT2D eigenvalue weighted by atomic mass is 32.2. The molecule has 0 fully saturated rings. The molecular weight excluding hydrogens is 595 g/mol. The number of hydrogen-bond donors (Lipinski definition) is 1. The maximum atomic E-state index is 14.7. The molecule has 0 aliphatic carbocycles. The standard InChI is InChI=1S/C28H33F5N4O3SSi/c1-27(2,3)42(5,6)40-11-12-41(37-26(38)28(31,32)33)17-18-9-10-34-24(13-18)36-25-15-21(22(30)16-35-25)20-8-7-19(29)14-23(20)39-4/h7-10,13-16H,11-12,17H2,1-6H3,(H,34,35,36). The van der Waals surface area contributed by atoms with Crippen LogP contribution in [0, 0.1) is 11.6 Å². The number of aromatic nitrogens is 2. The molecule has 0 aliphatic heterocycles. The number of carbonyl (C=O) groups excluding carboxylic acids is 1. The van der Waals surface area contributed by atoms with Crippen LogP contribution in [0.2, 0.25) is 18.1 Å². The maximum absolute atomic E-state index is 14.7. The minimum atomic E-state index is -5.07. The van der Waals surface area contributed by atoms with Gasteiger partial charge in [0.2, 0.25) is 0 Å². The molecule has 0 bridgehead atoms. The molecule has 2 heterocycles. The fourth-order valence-electron chi connectivity index (χ4n) is 3.49. The summed E-state index contributed by atoms with van der Waals surface area (Å²) >= 11 is 0. The van der Waals surface area contributed by atoms with Gasteiger partial charge in [0, 0.05) is 41.5 Å². The number of nitrogens with zero attached hydrogens (tertiary/aromatic N) is 3. The van der Waals surface area contributed by atoms with Crippen LogP contribution < -0.4 is 10.1 Å². The van der Waals surface area contributed by atoms with Crippen LogP contribution in [0.5, 0.6) is 5.75 Å². The van der Waals surface area contributed by atoms with Crippen molar-refractivity contribution in [3.8, 4) is 16.9 Å².